The van der Waals surface area contributed by atoms with E-state index in [1.807, 2.05) is 35.2 Å². The molecule has 1 aromatic heterocycles. The van der Waals surface area contributed by atoms with Crippen LogP contribution < -0.4 is 0 Å². The van der Waals surface area contributed by atoms with Gasteiger partial charge in [0.1, 0.15) is 0 Å². The summed E-state index contributed by atoms with van der Waals surface area (Å²) in [6.07, 6.45) is 4.11. The molecule has 0 radical (unpaired) electrons. The molecule has 2 heterocycles. The Labute approximate surface area is 144 Å². The summed E-state index contributed by atoms with van der Waals surface area (Å²) >= 11 is 0. The van der Waals surface area contributed by atoms with E-state index in [2.05, 4.69) is 4.98 Å². The number of nitrogens with zero attached hydrogens (tertiary/aromatic N) is 2. The number of aromatic carboxylic acids is 1. The highest BCUT2D eigenvalue weighted by Crippen LogP contribution is 2.24. The molecule has 5 nitrogen and oxygen atoms in total. The van der Waals surface area contributed by atoms with E-state index in [0.717, 1.165) is 21.9 Å². The smallest absolute Gasteiger partial charge is 0.335 e. The molecule has 0 saturated heterocycles. The van der Waals surface area contributed by atoms with Crippen molar-refractivity contribution in [2.45, 2.75) is 13.0 Å². The minimum atomic E-state index is -0.925. The second kappa shape index (κ2) is 6.02. The lowest BCUT2D eigenvalue weighted by Crippen LogP contribution is -2.36. The first kappa shape index (κ1) is 15.3. The average molecular weight is 332 g/mol. The predicted molar refractivity (Wildman–Crippen MR) is 93.6 cm³/mol. The van der Waals surface area contributed by atoms with Crippen molar-refractivity contribution in [1.29, 1.82) is 0 Å². The first-order chi connectivity index (χ1) is 12.1. The van der Waals surface area contributed by atoms with E-state index in [-0.39, 0.29) is 5.91 Å². The molecular weight excluding hydrogens is 316 g/mol. The van der Waals surface area contributed by atoms with E-state index in [1.54, 1.807) is 24.5 Å². The highest BCUT2D eigenvalue weighted by atomic mass is 16.4. The third kappa shape index (κ3) is 2.74. The molecule has 0 bridgehead atoms. The fourth-order valence-electron chi connectivity index (χ4n) is 3.34. The van der Waals surface area contributed by atoms with E-state index in [0.29, 0.717) is 30.6 Å². The number of benzene rings is 2. The molecule has 5 heteroatoms. The third-order valence-corrected chi connectivity index (χ3v) is 4.66. The number of rotatable bonds is 2. The summed E-state index contributed by atoms with van der Waals surface area (Å²) in [6, 6.07) is 12.6. The predicted octanol–water partition coefficient (Wildman–Crippen LogP) is 3.13. The third-order valence-electron chi connectivity index (χ3n) is 4.66. The fraction of sp³-hybridized carbons (Fsp3) is 0.150. The molecule has 1 N–H and O–H groups in total. The Morgan fingerprint density at radius 1 is 1.08 bits per heavy atom. The van der Waals surface area contributed by atoms with Crippen molar-refractivity contribution in [3.8, 4) is 0 Å². The molecule has 3 aromatic rings. The fourth-order valence-corrected chi connectivity index (χ4v) is 3.34. The SMILES string of the molecule is O=C(O)c1ccc2c(c1)CCN(C(=O)c1cccc3cnccc13)C2. The van der Waals surface area contributed by atoms with E-state index in [1.165, 1.54) is 0 Å². The number of amides is 1. The molecule has 1 aliphatic rings. The topological polar surface area (TPSA) is 70.5 Å². The van der Waals surface area contributed by atoms with Gasteiger partial charge < -0.3 is 10.0 Å². The Balaban J connectivity index is 1.65. The summed E-state index contributed by atoms with van der Waals surface area (Å²) in [5.41, 5.74) is 2.98. The molecule has 0 spiro atoms. The Morgan fingerprint density at radius 3 is 2.80 bits per heavy atom. The maximum absolute atomic E-state index is 13.0. The van der Waals surface area contributed by atoms with Crippen LogP contribution in [0.5, 0.6) is 0 Å². The number of carbonyl (C=O) groups excluding carboxylic acids is 1. The number of carbonyl (C=O) groups is 2. The molecule has 0 fully saturated rings. The van der Waals surface area contributed by atoms with Crippen LogP contribution in [0.3, 0.4) is 0 Å². The zero-order valence-electron chi connectivity index (χ0n) is 13.5. The van der Waals surface area contributed by atoms with E-state index in [9.17, 15) is 9.59 Å². The lowest BCUT2D eigenvalue weighted by atomic mass is 9.96. The summed E-state index contributed by atoms with van der Waals surface area (Å²) < 4.78 is 0. The van der Waals surface area contributed by atoms with Crippen LogP contribution in [0.2, 0.25) is 0 Å². The van der Waals surface area contributed by atoms with Gasteiger partial charge in [0.15, 0.2) is 0 Å². The monoisotopic (exact) mass is 332 g/mol. The number of carboxylic acids is 1. The standard InChI is InChI=1S/C20H16N2O3/c23-19(18-3-1-2-15-11-21-8-6-17(15)18)22-9-7-13-10-14(20(24)25)4-5-16(13)12-22/h1-6,8,10-11H,7,9,12H2,(H,24,25). The van der Waals surface area contributed by atoms with Crippen molar-refractivity contribution in [3.05, 3.63) is 77.1 Å². The molecule has 0 aliphatic carbocycles. The number of carboxylic acid groups (broad SMARTS) is 1. The minimum Gasteiger partial charge on any atom is -0.478 e. The van der Waals surface area contributed by atoms with Crippen molar-refractivity contribution in [1.82, 2.24) is 9.88 Å². The number of hydrogen-bond donors (Lipinski definition) is 1. The van der Waals surface area contributed by atoms with Gasteiger partial charge >= 0.3 is 5.97 Å². The molecule has 0 unspecified atom stereocenters. The van der Waals surface area contributed by atoms with Crippen LogP contribution in [0.25, 0.3) is 10.8 Å². The quantitative estimate of drug-likeness (QED) is 0.783. The van der Waals surface area contributed by atoms with Gasteiger partial charge in [0.25, 0.3) is 5.91 Å². The van der Waals surface area contributed by atoms with E-state index >= 15 is 0 Å². The van der Waals surface area contributed by atoms with Crippen LogP contribution in [-0.2, 0) is 13.0 Å². The Bertz CT molecular complexity index is 992. The molecular formula is C20H16N2O3. The maximum atomic E-state index is 13.0. The van der Waals surface area contributed by atoms with Crippen LogP contribution in [-0.4, -0.2) is 33.4 Å². The van der Waals surface area contributed by atoms with E-state index < -0.39 is 5.97 Å². The second-order valence-electron chi connectivity index (χ2n) is 6.17. The van der Waals surface area contributed by atoms with Crippen molar-refractivity contribution in [2.24, 2.45) is 0 Å². The van der Waals surface area contributed by atoms with Crippen LogP contribution >= 0.6 is 0 Å². The van der Waals surface area contributed by atoms with Crippen LogP contribution in [0.1, 0.15) is 31.8 Å². The summed E-state index contributed by atoms with van der Waals surface area (Å²) in [6.45, 7) is 1.08. The van der Waals surface area contributed by atoms with Gasteiger partial charge in [-0.15, -0.1) is 0 Å². The van der Waals surface area contributed by atoms with Crippen molar-refractivity contribution in [2.75, 3.05) is 6.54 Å². The van der Waals surface area contributed by atoms with Gasteiger partial charge in [0, 0.05) is 36.4 Å². The second-order valence-corrected chi connectivity index (χ2v) is 6.17. The van der Waals surface area contributed by atoms with Crippen molar-refractivity contribution < 1.29 is 14.7 Å². The number of pyridine rings is 1. The molecule has 0 atom stereocenters. The number of hydrogen-bond acceptors (Lipinski definition) is 3. The number of aromatic nitrogens is 1. The van der Waals surface area contributed by atoms with Crippen molar-refractivity contribution in [3.63, 3.8) is 0 Å². The minimum absolute atomic E-state index is 0.00948. The molecule has 1 aliphatic heterocycles. The first-order valence-corrected chi connectivity index (χ1v) is 8.10. The van der Waals surface area contributed by atoms with E-state index in [4.69, 9.17) is 5.11 Å². The maximum Gasteiger partial charge on any atom is 0.335 e. The molecule has 25 heavy (non-hydrogen) atoms. The van der Waals surface area contributed by atoms with Crippen LogP contribution in [0, 0.1) is 0 Å². The molecule has 2 aromatic carbocycles. The van der Waals surface area contributed by atoms with Gasteiger partial charge in [0.2, 0.25) is 0 Å². The molecule has 1 amide bonds. The van der Waals surface area contributed by atoms with Gasteiger partial charge in [-0.25, -0.2) is 4.79 Å². The molecule has 0 saturated carbocycles. The summed E-state index contributed by atoms with van der Waals surface area (Å²) in [5, 5.41) is 10.9. The first-order valence-electron chi connectivity index (χ1n) is 8.10. The Morgan fingerprint density at radius 2 is 1.96 bits per heavy atom. The van der Waals surface area contributed by atoms with Gasteiger partial charge in [-0.3, -0.25) is 9.78 Å². The van der Waals surface area contributed by atoms with Gasteiger partial charge in [-0.05, 0) is 47.2 Å². The van der Waals surface area contributed by atoms with Crippen LogP contribution in [0.15, 0.2) is 54.9 Å². The highest BCUT2D eigenvalue weighted by Gasteiger charge is 2.23. The summed E-state index contributed by atoms with van der Waals surface area (Å²) in [4.78, 5) is 30.0. The Hall–Kier alpha value is -3.21. The average Bonchev–Trinajstić information content (AvgIpc) is 2.66. The van der Waals surface area contributed by atoms with Crippen LogP contribution in [0.4, 0.5) is 0 Å². The normalized spacial score (nSPS) is 13.5. The van der Waals surface area contributed by atoms with Gasteiger partial charge in [0.05, 0.1) is 5.56 Å². The Kier molecular flexibility index (Phi) is 3.69. The zero-order valence-corrected chi connectivity index (χ0v) is 13.5. The summed E-state index contributed by atoms with van der Waals surface area (Å²) in [5.74, 6) is -0.935. The molecule has 124 valence electrons. The lowest BCUT2D eigenvalue weighted by molar-refractivity contribution is 0.0692. The number of fused-ring (bicyclic) bond motifs is 2. The van der Waals surface area contributed by atoms with Gasteiger partial charge in [-0.2, -0.15) is 0 Å². The van der Waals surface area contributed by atoms with Gasteiger partial charge in [-0.1, -0.05) is 18.2 Å². The molecule has 4 rings (SSSR count). The van der Waals surface area contributed by atoms with Crippen molar-refractivity contribution >= 4 is 22.6 Å². The largest absolute Gasteiger partial charge is 0.478 e. The highest BCUT2D eigenvalue weighted by molar-refractivity contribution is 6.06. The lowest BCUT2D eigenvalue weighted by Gasteiger charge is -2.29. The summed E-state index contributed by atoms with van der Waals surface area (Å²) in [7, 11) is 0. The zero-order chi connectivity index (χ0) is 17.4.